The maximum absolute atomic E-state index is 13.2. The number of hydrogen-bond donors (Lipinski definition) is 0. The third kappa shape index (κ3) is 6.35. The average Bonchev–Trinajstić information content (AvgIpc) is 2.77. The summed E-state index contributed by atoms with van der Waals surface area (Å²) >= 11 is 0. The average molecular weight is 498 g/mol. The van der Waals surface area contributed by atoms with Crippen molar-refractivity contribution < 1.29 is 34.5 Å². The summed E-state index contributed by atoms with van der Waals surface area (Å²) in [4.78, 5) is -0.318. The van der Waals surface area contributed by atoms with Crippen LogP contribution < -0.4 is 4.18 Å². The Morgan fingerprint density at radius 1 is 0.818 bits per heavy atom. The van der Waals surface area contributed by atoms with Gasteiger partial charge in [0, 0.05) is 20.2 Å². The lowest BCUT2D eigenvalue weighted by atomic mass is 10.2. The first-order valence-electron chi connectivity index (χ1n) is 9.65. The maximum atomic E-state index is 13.2. The SMILES string of the molecule is COCCN(Cc1cccc(OS(=O)(=O)c2ccc(F)cc2)c1)S(=O)(=O)c1ccc(F)cc1. The summed E-state index contributed by atoms with van der Waals surface area (Å²) in [6.45, 7) is 0.00159. The first kappa shape index (κ1) is 24.8. The number of methoxy groups -OCH3 is 1. The Morgan fingerprint density at radius 3 is 1.97 bits per heavy atom. The number of hydrogen-bond acceptors (Lipinski definition) is 6. The van der Waals surface area contributed by atoms with Gasteiger partial charge in [0.25, 0.3) is 0 Å². The molecule has 0 unspecified atom stereocenters. The predicted molar refractivity (Wildman–Crippen MR) is 117 cm³/mol. The lowest BCUT2D eigenvalue weighted by Gasteiger charge is -2.22. The van der Waals surface area contributed by atoms with Crippen LogP contribution in [0.15, 0.2) is 82.6 Å². The number of sulfonamides is 1. The highest BCUT2D eigenvalue weighted by atomic mass is 32.2. The van der Waals surface area contributed by atoms with E-state index in [0.29, 0.717) is 5.56 Å². The van der Waals surface area contributed by atoms with E-state index in [1.807, 2.05) is 0 Å². The van der Waals surface area contributed by atoms with Gasteiger partial charge in [0.05, 0.1) is 11.5 Å². The molecule has 0 amide bonds. The molecule has 0 radical (unpaired) electrons. The van der Waals surface area contributed by atoms with Crippen LogP contribution in [0.25, 0.3) is 0 Å². The third-order valence-corrected chi connectivity index (χ3v) is 7.68. The Labute approximate surface area is 191 Å². The Bertz CT molecular complexity index is 1300. The molecule has 0 spiro atoms. The van der Waals surface area contributed by atoms with Gasteiger partial charge in [-0.15, -0.1) is 0 Å². The fourth-order valence-corrected chi connectivity index (χ4v) is 5.24. The van der Waals surface area contributed by atoms with E-state index in [0.717, 1.165) is 40.7 Å². The first-order chi connectivity index (χ1) is 15.6. The zero-order valence-electron chi connectivity index (χ0n) is 17.5. The van der Waals surface area contributed by atoms with Crippen molar-refractivity contribution in [3.05, 3.63) is 90.0 Å². The molecule has 0 aliphatic carbocycles. The number of ether oxygens (including phenoxy) is 1. The van der Waals surface area contributed by atoms with Crippen LogP contribution in [0.4, 0.5) is 8.78 Å². The van der Waals surface area contributed by atoms with Crippen molar-refractivity contribution in [1.82, 2.24) is 4.31 Å². The molecule has 0 saturated heterocycles. The standard InChI is InChI=1S/C22H21F2NO6S2/c1-30-14-13-25(32(26,27)21-9-5-18(23)6-10-21)16-17-3-2-4-20(15-17)31-33(28,29)22-11-7-19(24)8-12-22/h2-12,15H,13-14,16H2,1H3. The van der Waals surface area contributed by atoms with E-state index in [2.05, 4.69) is 0 Å². The second-order valence-electron chi connectivity index (χ2n) is 6.92. The third-order valence-electron chi connectivity index (χ3n) is 4.56. The van der Waals surface area contributed by atoms with Gasteiger partial charge in [-0.2, -0.15) is 12.7 Å². The van der Waals surface area contributed by atoms with Gasteiger partial charge in [0.1, 0.15) is 22.3 Å². The molecule has 3 aromatic carbocycles. The largest absolute Gasteiger partial charge is 0.383 e. The van der Waals surface area contributed by atoms with Crippen LogP contribution in [0.3, 0.4) is 0 Å². The van der Waals surface area contributed by atoms with Crippen molar-refractivity contribution >= 4 is 20.1 Å². The molecule has 7 nitrogen and oxygen atoms in total. The summed E-state index contributed by atoms with van der Waals surface area (Å²) in [6.07, 6.45) is 0. The summed E-state index contributed by atoms with van der Waals surface area (Å²) in [5.41, 5.74) is 0.448. The fraction of sp³-hybridized carbons (Fsp3) is 0.182. The van der Waals surface area contributed by atoms with Crippen LogP contribution in [0, 0.1) is 11.6 Å². The molecule has 0 saturated carbocycles. The molecule has 0 aromatic heterocycles. The Hall–Kier alpha value is -2.86. The molecule has 0 atom stereocenters. The molecule has 3 rings (SSSR count). The smallest absolute Gasteiger partial charge is 0.339 e. The van der Waals surface area contributed by atoms with Gasteiger partial charge in [0.2, 0.25) is 10.0 Å². The Kier molecular flexibility index (Phi) is 7.80. The van der Waals surface area contributed by atoms with E-state index >= 15 is 0 Å². The Morgan fingerprint density at radius 2 is 1.39 bits per heavy atom. The summed E-state index contributed by atoms with van der Waals surface area (Å²) in [6, 6.07) is 14.5. The van der Waals surface area contributed by atoms with Crippen LogP contribution in [0.1, 0.15) is 5.56 Å². The Balaban J connectivity index is 1.85. The van der Waals surface area contributed by atoms with Crippen molar-refractivity contribution in [2.45, 2.75) is 16.3 Å². The van der Waals surface area contributed by atoms with Crippen LogP contribution in [0.2, 0.25) is 0 Å². The minimum atomic E-state index is -4.22. The highest BCUT2D eigenvalue weighted by Crippen LogP contribution is 2.23. The molecule has 3 aromatic rings. The van der Waals surface area contributed by atoms with Gasteiger partial charge in [-0.3, -0.25) is 0 Å². The molecular weight excluding hydrogens is 476 g/mol. The zero-order chi connectivity index (χ0) is 24.1. The molecule has 0 aliphatic rings. The minimum absolute atomic E-state index is 0.00910. The van der Waals surface area contributed by atoms with E-state index in [1.165, 1.54) is 37.4 Å². The summed E-state index contributed by atoms with van der Waals surface area (Å²) in [5.74, 6) is -1.19. The highest BCUT2D eigenvalue weighted by Gasteiger charge is 2.25. The van der Waals surface area contributed by atoms with Gasteiger partial charge in [0.15, 0.2) is 0 Å². The van der Waals surface area contributed by atoms with Crippen LogP contribution in [-0.2, 0) is 31.4 Å². The second-order valence-corrected chi connectivity index (χ2v) is 10.4. The predicted octanol–water partition coefficient (Wildman–Crippen LogP) is 3.57. The molecule has 0 bridgehead atoms. The van der Waals surface area contributed by atoms with Crippen molar-refractivity contribution in [1.29, 1.82) is 0 Å². The van der Waals surface area contributed by atoms with Crippen LogP contribution in [0.5, 0.6) is 5.75 Å². The van der Waals surface area contributed by atoms with Crippen molar-refractivity contribution in [2.75, 3.05) is 20.3 Å². The van der Waals surface area contributed by atoms with E-state index in [1.54, 1.807) is 6.07 Å². The monoisotopic (exact) mass is 497 g/mol. The number of benzene rings is 3. The molecule has 0 heterocycles. The van der Waals surface area contributed by atoms with Gasteiger partial charge >= 0.3 is 10.1 Å². The second kappa shape index (κ2) is 10.4. The van der Waals surface area contributed by atoms with E-state index in [9.17, 15) is 25.6 Å². The lowest BCUT2D eigenvalue weighted by Crippen LogP contribution is -2.33. The molecular formula is C22H21F2NO6S2. The zero-order valence-corrected chi connectivity index (χ0v) is 19.2. The summed E-state index contributed by atoms with van der Waals surface area (Å²) < 4.78 is 88.7. The van der Waals surface area contributed by atoms with E-state index in [-0.39, 0.29) is 35.2 Å². The molecule has 33 heavy (non-hydrogen) atoms. The quantitative estimate of drug-likeness (QED) is 0.398. The van der Waals surface area contributed by atoms with E-state index in [4.69, 9.17) is 8.92 Å². The van der Waals surface area contributed by atoms with Crippen molar-refractivity contribution in [3.8, 4) is 5.75 Å². The van der Waals surface area contributed by atoms with Gasteiger partial charge in [-0.1, -0.05) is 12.1 Å². The van der Waals surface area contributed by atoms with E-state index < -0.39 is 31.8 Å². The first-order valence-corrected chi connectivity index (χ1v) is 12.5. The molecule has 0 aliphatic heterocycles. The molecule has 176 valence electrons. The number of nitrogens with zero attached hydrogens (tertiary/aromatic N) is 1. The molecule has 0 N–H and O–H groups in total. The van der Waals surface area contributed by atoms with Crippen LogP contribution in [-0.4, -0.2) is 41.4 Å². The summed E-state index contributed by atoms with van der Waals surface area (Å²) in [5, 5.41) is 0. The van der Waals surface area contributed by atoms with Gasteiger partial charge in [-0.05, 0) is 66.2 Å². The minimum Gasteiger partial charge on any atom is -0.383 e. The van der Waals surface area contributed by atoms with Crippen molar-refractivity contribution in [2.24, 2.45) is 0 Å². The molecule has 0 fully saturated rings. The maximum Gasteiger partial charge on any atom is 0.339 e. The number of halogens is 2. The normalized spacial score (nSPS) is 12.1. The number of rotatable bonds is 10. The summed E-state index contributed by atoms with van der Waals surface area (Å²) in [7, 11) is -6.78. The topological polar surface area (TPSA) is 90.0 Å². The van der Waals surface area contributed by atoms with Crippen LogP contribution >= 0.6 is 0 Å². The fourth-order valence-electron chi connectivity index (χ4n) is 2.91. The molecule has 11 heteroatoms. The van der Waals surface area contributed by atoms with Crippen molar-refractivity contribution in [3.63, 3.8) is 0 Å². The highest BCUT2D eigenvalue weighted by molar-refractivity contribution is 7.89. The van der Waals surface area contributed by atoms with Gasteiger partial charge in [-0.25, -0.2) is 17.2 Å². The van der Waals surface area contributed by atoms with Gasteiger partial charge < -0.3 is 8.92 Å². The lowest BCUT2D eigenvalue weighted by molar-refractivity contribution is 0.177.